The number of carbonyl (C=O) groups is 1. The molecule has 0 spiro atoms. The fourth-order valence-corrected chi connectivity index (χ4v) is 4.92. The first-order chi connectivity index (χ1) is 16.5. The fourth-order valence-electron chi connectivity index (χ4n) is 4.92. The average molecular weight is 463 g/mol. The molecule has 0 heterocycles. The summed E-state index contributed by atoms with van der Waals surface area (Å²) in [5, 5.41) is 8.94. The average Bonchev–Trinajstić information content (AvgIpc) is 2.83. The predicted octanol–water partition coefficient (Wildman–Crippen LogP) is 9.35. The Labute approximate surface area is 206 Å². The van der Waals surface area contributed by atoms with Crippen LogP contribution in [0, 0.1) is 25.7 Å². The first kappa shape index (κ1) is 26.1. The Morgan fingerprint density at radius 1 is 0.882 bits per heavy atom. The van der Waals surface area contributed by atoms with E-state index in [0.717, 1.165) is 60.5 Å². The van der Waals surface area contributed by atoms with Crippen molar-refractivity contribution >= 4 is 17.3 Å². The van der Waals surface area contributed by atoms with Crippen molar-refractivity contribution in [3.05, 3.63) is 53.1 Å². The number of aryl methyl sites for hydroxylation is 3. The van der Waals surface area contributed by atoms with Crippen LogP contribution < -0.4 is 4.74 Å². The van der Waals surface area contributed by atoms with Crippen LogP contribution in [0.15, 0.2) is 46.6 Å². The molecule has 4 heteroatoms. The van der Waals surface area contributed by atoms with Crippen LogP contribution in [0.4, 0.5) is 11.4 Å². The van der Waals surface area contributed by atoms with Crippen molar-refractivity contribution in [2.24, 2.45) is 22.1 Å². The summed E-state index contributed by atoms with van der Waals surface area (Å²) in [5.41, 5.74) is 4.95. The van der Waals surface area contributed by atoms with Crippen LogP contribution in [0.3, 0.4) is 0 Å². The van der Waals surface area contributed by atoms with E-state index in [1.165, 1.54) is 44.1 Å². The molecule has 0 N–H and O–H groups in total. The summed E-state index contributed by atoms with van der Waals surface area (Å²) in [5.74, 6) is 1.35. The third-order valence-electron chi connectivity index (χ3n) is 7.10. The van der Waals surface area contributed by atoms with E-state index in [1.807, 2.05) is 38.1 Å². The lowest BCUT2D eigenvalue weighted by atomic mass is 9.80. The summed E-state index contributed by atoms with van der Waals surface area (Å²) in [6.45, 7) is 8.45. The van der Waals surface area contributed by atoms with Gasteiger partial charge >= 0.3 is 5.97 Å². The van der Waals surface area contributed by atoms with Crippen LogP contribution in [0.1, 0.15) is 94.7 Å². The second kappa shape index (κ2) is 13.4. The smallest absolute Gasteiger partial charge is 0.314 e. The number of hydrogen-bond donors (Lipinski definition) is 0. The number of hydrogen-bond acceptors (Lipinski definition) is 4. The number of nitrogens with zero attached hydrogens (tertiary/aromatic N) is 2. The molecule has 184 valence electrons. The molecule has 4 nitrogen and oxygen atoms in total. The molecule has 0 saturated heterocycles. The number of benzene rings is 2. The van der Waals surface area contributed by atoms with Gasteiger partial charge in [0, 0.05) is 0 Å². The van der Waals surface area contributed by atoms with Crippen LogP contribution in [0.2, 0.25) is 0 Å². The Hall–Kier alpha value is -2.49. The highest BCUT2D eigenvalue weighted by Gasteiger charge is 2.27. The van der Waals surface area contributed by atoms with Crippen molar-refractivity contribution in [2.75, 3.05) is 0 Å². The van der Waals surface area contributed by atoms with Gasteiger partial charge in [-0.2, -0.15) is 10.2 Å². The molecular weight excluding hydrogens is 420 g/mol. The molecule has 34 heavy (non-hydrogen) atoms. The van der Waals surface area contributed by atoms with Gasteiger partial charge in [-0.1, -0.05) is 58.1 Å². The van der Waals surface area contributed by atoms with Crippen molar-refractivity contribution < 1.29 is 9.53 Å². The Morgan fingerprint density at radius 2 is 1.53 bits per heavy atom. The van der Waals surface area contributed by atoms with E-state index in [2.05, 4.69) is 36.2 Å². The van der Waals surface area contributed by atoms with Gasteiger partial charge in [0.1, 0.15) is 5.75 Å². The molecular formula is C30H42N2O2. The van der Waals surface area contributed by atoms with Gasteiger partial charge in [-0.15, -0.1) is 0 Å². The second-order valence-electron chi connectivity index (χ2n) is 10.0. The maximum atomic E-state index is 12.8. The molecule has 1 saturated carbocycles. The summed E-state index contributed by atoms with van der Waals surface area (Å²) < 4.78 is 5.80. The molecule has 0 aliphatic heterocycles. The topological polar surface area (TPSA) is 51.0 Å². The number of ether oxygens (including phenoxy) is 1. The first-order valence-electron chi connectivity index (χ1n) is 13.3. The van der Waals surface area contributed by atoms with Crippen LogP contribution in [-0.4, -0.2) is 5.97 Å². The molecule has 1 aliphatic carbocycles. The van der Waals surface area contributed by atoms with Gasteiger partial charge in [0.2, 0.25) is 0 Å². The van der Waals surface area contributed by atoms with Crippen molar-refractivity contribution in [1.29, 1.82) is 0 Å². The lowest BCUT2D eigenvalue weighted by molar-refractivity contribution is -0.140. The van der Waals surface area contributed by atoms with Crippen LogP contribution in [0.25, 0.3) is 0 Å². The van der Waals surface area contributed by atoms with E-state index in [0.29, 0.717) is 5.75 Å². The summed E-state index contributed by atoms with van der Waals surface area (Å²) in [4.78, 5) is 12.8. The SMILES string of the molecule is CCCCCC1CCC(C(=O)Oc2cc(C)c(N=Nc3ccc(CCCC)cc3)c(C)c2)CC1. The van der Waals surface area contributed by atoms with Crippen LogP contribution in [-0.2, 0) is 11.2 Å². The molecule has 0 atom stereocenters. The lowest BCUT2D eigenvalue weighted by Gasteiger charge is -2.27. The largest absolute Gasteiger partial charge is 0.426 e. The quantitative estimate of drug-likeness (QED) is 0.144. The van der Waals surface area contributed by atoms with Gasteiger partial charge in [0.05, 0.1) is 17.3 Å². The fraction of sp³-hybridized carbons (Fsp3) is 0.567. The number of azo groups is 1. The highest BCUT2D eigenvalue weighted by molar-refractivity contribution is 5.75. The maximum absolute atomic E-state index is 12.8. The zero-order valence-electron chi connectivity index (χ0n) is 21.6. The van der Waals surface area contributed by atoms with E-state index < -0.39 is 0 Å². The van der Waals surface area contributed by atoms with Crippen molar-refractivity contribution in [1.82, 2.24) is 0 Å². The first-order valence-corrected chi connectivity index (χ1v) is 13.3. The van der Waals surface area contributed by atoms with Crippen molar-refractivity contribution in [3.8, 4) is 5.75 Å². The molecule has 2 aromatic carbocycles. The molecule has 0 bridgehead atoms. The van der Waals surface area contributed by atoms with Gasteiger partial charge in [0.15, 0.2) is 0 Å². The van der Waals surface area contributed by atoms with Crippen LogP contribution >= 0.6 is 0 Å². The van der Waals surface area contributed by atoms with Gasteiger partial charge in [-0.25, -0.2) is 0 Å². The highest BCUT2D eigenvalue weighted by atomic mass is 16.5. The summed E-state index contributed by atoms with van der Waals surface area (Å²) in [7, 11) is 0. The minimum absolute atomic E-state index is 0.0303. The van der Waals surface area contributed by atoms with Gasteiger partial charge in [-0.05, 0) is 99.2 Å². The van der Waals surface area contributed by atoms with Gasteiger partial charge in [-0.3, -0.25) is 4.79 Å². The lowest BCUT2D eigenvalue weighted by Crippen LogP contribution is -2.25. The maximum Gasteiger partial charge on any atom is 0.314 e. The monoisotopic (exact) mass is 462 g/mol. The summed E-state index contributed by atoms with van der Waals surface area (Å²) in [6, 6.07) is 12.1. The Morgan fingerprint density at radius 3 is 2.15 bits per heavy atom. The molecule has 1 aliphatic rings. The number of carbonyl (C=O) groups excluding carboxylic acids is 1. The summed E-state index contributed by atoms with van der Waals surface area (Å²) >= 11 is 0. The minimum Gasteiger partial charge on any atom is -0.426 e. The molecule has 0 amide bonds. The third kappa shape index (κ3) is 7.78. The van der Waals surface area contributed by atoms with Crippen molar-refractivity contribution in [3.63, 3.8) is 0 Å². The molecule has 3 rings (SSSR count). The Bertz CT molecular complexity index is 918. The number of rotatable bonds is 11. The third-order valence-corrected chi connectivity index (χ3v) is 7.10. The van der Waals surface area contributed by atoms with E-state index in [1.54, 1.807) is 0 Å². The zero-order valence-corrected chi connectivity index (χ0v) is 21.6. The Kier molecular flexibility index (Phi) is 10.3. The number of unbranched alkanes of at least 4 members (excludes halogenated alkanes) is 3. The molecule has 0 aromatic heterocycles. The normalized spacial score (nSPS) is 18.4. The standard InChI is InChI=1S/C30H42N2O2/c1-5-7-9-11-25-12-16-26(17-13-25)30(33)34-28-20-22(3)29(23(4)21-28)32-31-27-18-14-24(15-19-27)10-8-6-2/h14-15,18-21,25-26H,5-13,16-17H2,1-4H3. The molecule has 2 aromatic rings. The predicted molar refractivity (Wildman–Crippen MR) is 140 cm³/mol. The minimum atomic E-state index is -0.0802. The summed E-state index contributed by atoms with van der Waals surface area (Å²) in [6.07, 6.45) is 13.0. The van der Waals surface area contributed by atoms with Crippen molar-refractivity contribution in [2.45, 2.75) is 98.3 Å². The van der Waals surface area contributed by atoms with E-state index in [4.69, 9.17) is 4.74 Å². The molecule has 0 radical (unpaired) electrons. The van der Waals surface area contributed by atoms with E-state index in [-0.39, 0.29) is 11.9 Å². The second-order valence-corrected chi connectivity index (χ2v) is 10.0. The van der Waals surface area contributed by atoms with Crippen LogP contribution in [0.5, 0.6) is 5.75 Å². The molecule has 1 fully saturated rings. The number of esters is 1. The van der Waals surface area contributed by atoms with Gasteiger partial charge in [0.25, 0.3) is 0 Å². The van der Waals surface area contributed by atoms with E-state index >= 15 is 0 Å². The van der Waals surface area contributed by atoms with Gasteiger partial charge < -0.3 is 4.74 Å². The van der Waals surface area contributed by atoms with E-state index in [9.17, 15) is 4.79 Å². The highest BCUT2D eigenvalue weighted by Crippen LogP contribution is 2.34. The molecule has 0 unspecified atom stereocenters. The zero-order chi connectivity index (χ0) is 24.3. The Balaban J connectivity index is 1.55.